The Morgan fingerprint density at radius 1 is 0.938 bits per heavy atom. The number of carbonyl (C=O) groups is 2. The third kappa shape index (κ3) is 7.19. The van der Waals surface area contributed by atoms with Crippen molar-refractivity contribution in [3.05, 3.63) is 0 Å². The first-order chi connectivity index (χ1) is 7.45. The summed E-state index contributed by atoms with van der Waals surface area (Å²) in [6.45, 7) is 3.01. The van der Waals surface area contributed by atoms with Crippen LogP contribution in [0.15, 0.2) is 0 Å². The van der Waals surface area contributed by atoms with E-state index in [9.17, 15) is 9.59 Å². The Hall–Kier alpha value is -1.14. The predicted molar refractivity (Wildman–Crippen MR) is 54.5 cm³/mol. The van der Waals surface area contributed by atoms with Crippen LogP contribution in [0.4, 0.5) is 0 Å². The third-order valence-electron chi connectivity index (χ3n) is 1.71. The number of carbonyl (C=O) groups excluding carboxylic acids is 2. The molecular weight excluding hydrogens is 216 g/mol. The second-order valence-electron chi connectivity index (χ2n) is 3.39. The molecule has 2 unspecified atom stereocenters. The van der Waals surface area contributed by atoms with Crippen molar-refractivity contribution in [2.24, 2.45) is 0 Å². The number of aliphatic hydroxyl groups excluding tert-OH is 2. The summed E-state index contributed by atoms with van der Waals surface area (Å²) in [7, 11) is 0. The van der Waals surface area contributed by atoms with E-state index < -0.39 is 24.1 Å². The number of aliphatic hydroxyl groups is 2. The van der Waals surface area contributed by atoms with Gasteiger partial charge in [0, 0.05) is 0 Å². The largest absolute Gasteiger partial charge is 0.464 e. The predicted octanol–water partition coefficient (Wildman–Crippen LogP) is -0.385. The number of ether oxygens (including phenoxy) is 2. The van der Waals surface area contributed by atoms with Gasteiger partial charge in [0.25, 0.3) is 0 Å². The lowest BCUT2D eigenvalue weighted by Gasteiger charge is -2.07. The van der Waals surface area contributed by atoms with Crippen molar-refractivity contribution in [3.8, 4) is 0 Å². The highest BCUT2D eigenvalue weighted by Gasteiger charge is 2.10. The van der Waals surface area contributed by atoms with Gasteiger partial charge in [-0.1, -0.05) is 0 Å². The van der Waals surface area contributed by atoms with Crippen molar-refractivity contribution in [2.45, 2.75) is 38.9 Å². The van der Waals surface area contributed by atoms with Crippen molar-refractivity contribution in [2.75, 3.05) is 13.2 Å². The van der Waals surface area contributed by atoms with Crippen LogP contribution in [0.3, 0.4) is 0 Å². The molecule has 0 aliphatic rings. The first-order valence-electron chi connectivity index (χ1n) is 5.14. The lowest BCUT2D eigenvalue weighted by Crippen LogP contribution is -2.21. The molecule has 94 valence electrons. The third-order valence-corrected chi connectivity index (χ3v) is 1.71. The number of hydrogen-bond donors (Lipinski definition) is 2. The lowest BCUT2D eigenvalue weighted by atomic mass is 10.3. The zero-order valence-corrected chi connectivity index (χ0v) is 9.51. The molecule has 0 heterocycles. The molecule has 0 radical (unpaired) electrons. The summed E-state index contributed by atoms with van der Waals surface area (Å²) in [6, 6.07) is 0. The molecule has 0 saturated heterocycles. The summed E-state index contributed by atoms with van der Waals surface area (Å²) < 4.78 is 9.36. The first kappa shape index (κ1) is 14.9. The molecular formula is C10H18O6. The molecule has 2 atom stereocenters. The quantitative estimate of drug-likeness (QED) is 0.460. The molecule has 0 aromatic rings. The molecule has 0 amide bonds. The topological polar surface area (TPSA) is 93.1 Å². The Morgan fingerprint density at radius 2 is 1.25 bits per heavy atom. The Kier molecular flexibility index (Phi) is 7.49. The van der Waals surface area contributed by atoms with E-state index in [1.54, 1.807) is 0 Å². The highest BCUT2D eigenvalue weighted by molar-refractivity contribution is 5.74. The number of esters is 2. The number of hydrogen-bond acceptors (Lipinski definition) is 6. The Morgan fingerprint density at radius 3 is 1.50 bits per heavy atom. The Bertz CT molecular complexity index is 199. The molecule has 0 rings (SSSR count). The molecule has 0 aliphatic heterocycles. The fraction of sp³-hybridized carbons (Fsp3) is 0.800. The highest BCUT2D eigenvalue weighted by atomic mass is 16.6. The zero-order chi connectivity index (χ0) is 12.6. The maximum Gasteiger partial charge on any atom is 0.334 e. The first-order valence-corrected chi connectivity index (χ1v) is 5.14. The standard InChI is InChI=1S/C10H18O6/c1-7(11)9(13)15-5-3-4-6-16-10(14)8(2)12/h7-8,11-12H,3-6H2,1-2H3. The molecule has 0 fully saturated rings. The van der Waals surface area contributed by atoms with Crippen LogP contribution in [0.25, 0.3) is 0 Å². The van der Waals surface area contributed by atoms with Crippen molar-refractivity contribution >= 4 is 11.9 Å². The van der Waals surface area contributed by atoms with Crippen molar-refractivity contribution in [3.63, 3.8) is 0 Å². The van der Waals surface area contributed by atoms with Gasteiger partial charge in [-0.25, -0.2) is 9.59 Å². The molecule has 0 aromatic heterocycles. The summed E-state index contributed by atoms with van der Waals surface area (Å²) in [5, 5.41) is 17.6. The van der Waals surface area contributed by atoms with E-state index >= 15 is 0 Å². The van der Waals surface area contributed by atoms with Gasteiger partial charge < -0.3 is 19.7 Å². The fourth-order valence-electron chi connectivity index (χ4n) is 0.791. The molecule has 6 nitrogen and oxygen atoms in total. The molecule has 0 saturated carbocycles. The van der Waals surface area contributed by atoms with E-state index in [1.807, 2.05) is 0 Å². The van der Waals surface area contributed by atoms with Crippen LogP contribution in [0.5, 0.6) is 0 Å². The number of rotatable bonds is 7. The van der Waals surface area contributed by atoms with Gasteiger partial charge in [0.15, 0.2) is 0 Å². The summed E-state index contributed by atoms with van der Waals surface area (Å²) >= 11 is 0. The molecule has 0 aliphatic carbocycles. The van der Waals surface area contributed by atoms with E-state index in [0.717, 1.165) is 0 Å². The second-order valence-corrected chi connectivity index (χ2v) is 3.39. The summed E-state index contributed by atoms with van der Waals surface area (Å²) in [4.78, 5) is 21.6. The Labute approximate surface area is 94.2 Å². The normalized spacial score (nSPS) is 14.0. The van der Waals surface area contributed by atoms with Crippen LogP contribution in [-0.4, -0.2) is 47.6 Å². The monoisotopic (exact) mass is 234 g/mol. The average Bonchev–Trinajstić information content (AvgIpc) is 2.21. The van der Waals surface area contributed by atoms with Crippen LogP contribution in [0, 0.1) is 0 Å². The second kappa shape index (κ2) is 8.06. The van der Waals surface area contributed by atoms with Crippen molar-refractivity contribution < 1.29 is 29.3 Å². The molecule has 6 heteroatoms. The van der Waals surface area contributed by atoms with Crippen molar-refractivity contribution in [1.29, 1.82) is 0 Å². The van der Waals surface area contributed by atoms with Crippen LogP contribution in [0.1, 0.15) is 26.7 Å². The van der Waals surface area contributed by atoms with E-state index in [2.05, 4.69) is 9.47 Å². The summed E-state index contributed by atoms with van der Waals surface area (Å²) in [6.07, 6.45) is -1.17. The maximum atomic E-state index is 10.8. The van der Waals surface area contributed by atoms with Crippen LogP contribution < -0.4 is 0 Å². The maximum absolute atomic E-state index is 10.8. The van der Waals surface area contributed by atoms with Crippen LogP contribution in [0.2, 0.25) is 0 Å². The molecule has 2 N–H and O–H groups in total. The van der Waals surface area contributed by atoms with Crippen LogP contribution in [-0.2, 0) is 19.1 Å². The zero-order valence-electron chi connectivity index (χ0n) is 9.51. The molecule has 0 bridgehead atoms. The van der Waals surface area contributed by atoms with Gasteiger partial charge >= 0.3 is 11.9 Å². The van der Waals surface area contributed by atoms with Gasteiger partial charge in [0.2, 0.25) is 0 Å². The van der Waals surface area contributed by atoms with Gasteiger partial charge in [0.1, 0.15) is 12.2 Å². The minimum Gasteiger partial charge on any atom is -0.464 e. The molecule has 0 spiro atoms. The summed E-state index contributed by atoms with van der Waals surface area (Å²) in [5.41, 5.74) is 0. The fourth-order valence-corrected chi connectivity index (χ4v) is 0.791. The lowest BCUT2D eigenvalue weighted by molar-refractivity contribution is -0.154. The van der Waals surface area contributed by atoms with E-state index in [-0.39, 0.29) is 13.2 Å². The van der Waals surface area contributed by atoms with Gasteiger partial charge in [-0.2, -0.15) is 0 Å². The van der Waals surface area contributed by atoms with Crippen molar-refractivity contribution in [1.82, 2.24) is 0 Å². The molecule has 16 heavy (non-hydrogen) atoms. The summed E-state index contributed by atoms with van der Waals surface area (Å²) in [5.74, 6) is -1.33. The highest BCUT2D eigenvalue weighted by Crippen LogP contribution is 1.95. The van der Waals surface area contributed by atoms with E-state index in [4.69, 9.17) is 10.2 Å². The average molecular weight is 234 g/mol. The Balaban J connectivity index is 3.35. The van der Waals surface area contributed by atoms with E-state index in [0.29, 0.717) is 12.8 Å². The number of unbranched alkanes of at least 4 members (excludes halogenated alkanes) is 1. The minimum atomic E-state index is -1.12. The van der Waals surface area contributed by atoms with Crippen LogP contribution >= 0.6 is 0 Å². The van der Waals surface area contributed by atoms with Gasteiger partial charge in [-0.15, -0.1) is 0 Å². The van der Waals surface area contributed by atoms with Gasteiger partial charge in [0.05, 0.1) is 13.2 Å². The smallest absolute Gasteiger partial charge is 0.334 e. The van der Waals surface area contributed by atoms with Gasteiger partial charge in [-0.3, -0.25) is 0 Å². The SMILES string of the molecule is CC(O)C(=O)OCCCCOC(=O)C(C)O. The van der Waals surface area contributed by atoms with Gasteiger partial charge in [-0.05, 0) is 26.7 Å². The van der Waals surface area contributed by atoms with E-state index in [1.165, 1.54) is 13.8 Å². The molecule has 0 aromatic carbocycles. The minimum absolute atomic E-state index is 0.177.